The van der Waals surface area contributed by atoms with Crippen molar-refractivity contribution in [2.75, 3.05) is 14.2 Å². The van der Waals surface area contributed by atoms with Crippen LogP contribution in [0.25, 0.3) is 5.69 Å². The Morgan fingerprint density at radius 2 is 1.44 bits per heavy atom. The summed E-state index contributed by atoms with van der Waals surface area (Å²) in [6, 6.07) is 6.39. The number of esters is 2. The van der Waals surface area contributed by atoms with Gasteiger partial charge in [0.05, 0.1) is 20.6 Å². The quantitative estimate of drug-likeness (QED) is 0.806. The molecule has 0 radical (unpaired) electrons. The number of carboxylic acids is 1. The van der Waals surface area contributed by atoms with Crippen molar-refractivity contribution < 1.29 is 29.0 Å². The molecule has 2 rings (SSSR count). The van der Waals surface area contributed by atoms with E-state index < -0.39 is 23.3 Å². The van der Waals surface area contributed by atoms with Crippen LogP contribution in [0.5, 0.6) is 0 Å². The molecule has 8 heteroatoms. The number of ether oxygens (including phenoxy) is 2. The molecule has 2 aromatic rings. The molecule has 0 aliphatic carbocycles. The van der Waals surface area contributed by atoms with Gasteiger partial charge in [0.15, 0.2) is 0 Å². The third-order valence-corrected chi connectivity index (χ3v) is 3.43. The van der Waals surface area contributed by atoms with Gasteiger partial charge < -0.3 is 19.1 Å². The number of hydrogen-bond acceptors (Lipinski definition) is 6. The third-order valence-electron chi connectivity index (χ3n) is 3.43. The molecular weight excluding hydrogens is 330 g/mol. The maximum atomic E-state index is 12.2. The van der Waals surface area contributed by atoms with Gasteiger partial charge in [-0.05, 0) is 17.7 Å². The third kappa shape index (κ3) is 3.92. The van der Waals surface area contributed by atoms with E-state index >= 15 is 0 Å². The van der Waals surface area contributed by atoms with Crippen LogP contribution in [0.4, 0.5) is 0 Å². The molecule has 130 valence electrons. The van der Waals surface area contributed by atoms with E-state index in [1.807, 2.05) is 0 Å². The molecule has 1 heterocycles. The zero-order valence-corrected chi connectivity index (χ0v) is 13.5. The van der Waals surface area contributed by atoms with Crippen LogP contribution in [0.3, 0.4) is 0 Å². The first kappa shape index (κ1) is 17.9. The Hall–Kier alpha value is -3.42. The van der Waals surface area contributed by atoms with Crippen molar-refractivity contribution in [2.45, 2.75) is 6.42 Å². The molecule has 1 aromatic carbocycles. The number of carbonyl (C=O) groups is 3. The second kappa shape index (κ2) is 7.43. The number of aromatic nitrogens is 1. The smallest absolute Gasteiger partial charge is 0.343 e. The normalized spacial score (nSPS) is 10.2. The molecule has 0 saturated carbocycles. The summed E-state index contributed by atoms with van der Waals surface area (Å²) in [7, 11) is 2.25. The van der Waals surface area contributed by atoms with Crippen molar-refractivity contribution in [3.63, 3.8) is 0 Å². The second-order valence-electron chi connectivity index (χ2n) is 5.04. The van der Waals surface area contributed by atoms with Crippen LogP contribution in [-0.2, 0) is 20.7 Å². The van der Waals surface area contributed by atoms with Crippen LogP contribution in [-0.4, -0.2) is 41.8 Å². The van der Waals surface area contributed by atoms with Crippen molar-refractivity contribution in [2.24, 2.45) is 0 Å². The number of carbonyl (C=O) groups excluding carboxylic acids is 2. The zero-order valence-electron chi connectivity index (χ0n) is 13.5. The summed E-state index contributed by atoms with van der Waals surface area (Å²) in [6.07, 6.45) is 2.35. The number of pyridine rings is 1. The Bertz CT molecular complexity index is 841. The van der Waals surface area contributed by atoms with E-state index in [0.29, 0.717) is 11.3 Å². The molecule has 25 heavy (non-hydrogen) atoms. The molecule has 1 aromatic heterocycles. The van der Waals surface area contributed by atoms with Crippen molar-refractivity contribution in [1.82, 2.24) is 4.57 Å². The van der Waals surface area contributed by atoms with Gasteiger partial charge >= 0.3 is 17.9 Å². The highest BCUT2D eigenvalue weighted by atomic mass is 16.5. The Morgan fingerprint density at radius 1 is 0.960 bits per heavy atom. The average molecular weight is 345 g/mol. The van der Waals surface area contributed by atoms with E-state index in [9.17, 15) is 19.2 Å². The lowest BCUT2D eigenvalue weighted by atomic mass is 10.1. The molecule has 0 aliphatic rings. The van der Waals surface area contributed by atoms with Crippen LogP contribution < -0.4 is 5.43 Å². The number of rotatable bonds is 5. The molecule has 0 saturated heterocycles. The topological polar surface area (TPSA) is 112 Å². The Morgan fingerprint density at radius 3 is 1.84 bits per heavy atom. The van der Waals surface area contributed by atoms with Crippen LogP contribution in [0, 0.1) is 0 Å². The molecular formula is C17H15NO7. The van der Waals surface area contributed by atoms with Crippen molar-refractivity contribution in [3.05, 3.63) is 63.6 Å². The van der Waals surface area contributed by atoms with Gasteiger partial charge in [-0.25, -0.2) is 9.59 Å². The van der Waals surface area contributed by atoms with Crippen molar-refractivity contribution >= 4 is 17.9 Å². The summed E-state index contributed by atoms with van der Waals surface area (Å²) in [4.78, 5) is 46.6. The van der Waals surface area contributed by atoms with E-state index in [4.69, 9.17) is 5.11 Å². The van der Waals surface area contributed by atoms with E-state index in [1.54, 1.807) is 24.3 Å². The lowest BCUT2D eigenvalue weighted by Gasteiger charge is -2.11. The highest BCUT2D eigenvalue weighted by Crippen LogP contribution is 2.13. The van der Waals surface area contributed by atoms with Gasteiger partial charge in [0, 0.05) is 18.1 Å². The zero-order chi connectivity index (χ0) is 18.6. The SMILES string of the molecule is COC(=O)c1cn(-c2ccc(CC(=O)O)cc2)cc(C(=O)OC)c1=O. The molecule has 1 N–H and O–H groups in total. The first-order valence-electron chi connectivity index (χ1n) is 7.11. The standard InChI is InChI=1S/C17H15NO7/c1-24-16(22)12-8-18(9-13(15(12)21)17(23)25-2)11-5-3-10(4-6-11)7-14(19)20/h3-6,8-9H,7H2,1-2H3,(H,19,20). The van der Waals surface area contributed by atoms with Gasteiger partial charge in [-0.1, -0.05) is 12.1 Å². The molecule has 0 fully saturated rings. The molecule has 8 nitrogen and oxygen atoms in total. The van der Waals surface area contributed by atoms with Crippen molar-refractivity contribution in [3.8, 4) is 5.69 Å². The van der Waals surface area contributed by atoms with Gasteiger partial charge in [0.25, 0.3) is 0 Å². The minimum atomic E-state index is -0.961. The monoisotopic (exact) mass is 345 g/mol. The predicted octanol–water partition coefficient (Wildman–Crippen LogP) is 1.04. The maximum absolute atomic E-state index is 12.2. The van der Waals surface area contributed by atoms with Gasteiger partial charge in [-0.15, -0.1) is 0 Å². The number of carboxylic acid groups (broad SMARTS) is 1. The molecule has 0 atom stereocenters. The number of hydrogen-bond donors (Lipinski definition) is 1. The minimum absolute atomic E-state index is 0.134. The summed E-state index contributed by atoms with van der Waals surface area (Å²) in [5, 5.41) is 8.79. The fourth-order valence-corrected chi connectivity index (χ4v) is 2.20. The van der Waals surface area contributed by atoms with Gasteiger partial charge in [-0.2, -0.15) is 0 Å². The summed E-state index contributed by atoms with van der Waals surface area (Å²) < 4.78 is 10.5. The van der Waals surface area contributed by atoms with Crippen LogP contribution in [0.2, 0.25) is 0 Å². The first-order chi connectivity index (χ1) is 11.9. The number of aliphatic carboxylic acids is 1. The first-order valence-corrected chi connectivity index (χ1v) is 7.11. The number of methoxy groups -OCH3 is 2. The van der Waals surface area contributed by atoms with E-state index in [-0.39, 0.29) is 17.5 Å². The van der Waals surface area contributed by atoms with E-state index in [2.05, 4.69) is 9.47 Å². The minimum Gasteiger partial charge on any atom is -0.481 e. The van der Waals surface area contributed by atoms with Crippen LogP contribution in [0.15, 0.2) is 41.5 Å². The van der Waals surface area contributed by atoms with Gasteiger partial charge in [0.1, 0.15) is 11.1 Å². The lowest BCUT2D eigenvalue weighted by molar-refractivity contribution is -0.136. The highest BCUT2D eigenvalue weighted by Gasteiger charge is 2.20. The van der Waals surface area contributed by atoms with Crippen LogP contribution >= 0.6 is 0 Å². The van der Waals surface area contributed by atoms with Crippen molar-refractivity contribution in [1.29, 1.82) is 0 Å². The molecule has 0 unspecified atom stereocenters. The largest absolute Gasteiger partial charge is 0.481 e. The Balaban J connectivity index is 2.57. The average Bonchev–Trinajstić information content (AvgIpc) is 2.60. The maximum Gasteiger partial charge on any atom is 0.343 e. The van der Waals surface area contributed by atoms with Gasteiger partial charge in [0.2, 0.25) is 5.43 Å². The number of benzene rings is 1. The van der Waals surface area contributed by atoms with E-state index in [1.165, 1.54) is 17.0 Å². The van der Waals surface area contributed by atoms with E-state index in [0.717, 1.165) is 14.2 Å². The Kier molecular flexibility index (Phi) is 5.33. The number of nitrogens with zero attached hydrogens (tertiary/aromatic N) is 1. The summed E-state index contributed by atoms with van der Waals surface area (Å²) in [5.74, 6) is -2.73. The lowest BCUT2D eigenvalue weighted by Crippen LogP contribution is -2.25. The summed E-state index contributed by atoms with van der Waals surface area (Å²) in [5.41, 5.74) is -0.333. The fourth-order valence-electron chi connectivity index (χ4n) is 2.20. The van der Waals surface area contributed by atoms with Crippen LogP contribution in [0.1, 0.15) is 26.3 Å². The van der Waals surface area contributed by atoms with Gasteiger partial charge in [-0.3, -0.25) is 9.59 Å². The molecule has 0 amide bonds. The highest BCUT2D eigenvalue weighted by molar-refractivity contribution is 5.94. The summed E-state index contributed by atoms with van der Waals surface area (Å²) >= 11 is 0. The predicted molar refractivity (Wildman–Crippen MR) is 86.1 cm³/mol. The second-order valence-corrected chi connectivity index (χ2v) is 5.04. The Labute approximate surface area is 142 Å². The summed E-state index contributed by atoms with van der Waals surface area (Å²) in [6.45, 7) is 0. The molecule has 0 aliphatic heterocycles. The molecule has 0 spiro atoms. The molecule has 0 bridgehead atoms. The fraction of sp³-hybridized carbons (Fsp3) is 0.176.